The van der Waals surface area contributed by atoms with E-state index in [1.807, 2.05) is 0 Å². The summed E-state index contributed by atoms with van der Waals surface area (Å²) in [5, 5.41) is 0. The molecule has 0 aliphatic heterocycles. The highest BCUT2D eigenvalue weighted by atomic mass is 16.5. The van der Waals surface area contributed by atoms with Crippen molar-refractivity contribution < 1.29 is 19.1 Å². The Labute approximate surface area is 102 Å². The fourth-order valence-electron chi connectivity index (χ4n) is 0.971. The number of allylic oxidation sites excluding steroid dienone is 1. The normalized spacial score (nSPS) is 9.88. The van der Waals surface area contributed by atoms with Gasteiger partial charge in [-0.3, -0.25) is 9.59 Å². The number of carbonyl (C=O) groups excluding carboxylic acids is 2. The first kappa shape index (κ1) is 15.2. The van der Waals surface area contributed by atoms with Gasteiger partial charge in [0.2, 0.25) is 0 Å². The Morgan fingerprint density at radius 2 is 2.00 bits per heavy atom. The lowest BCUT2D eigenvalue weighted by Crippen LogP contribution is -2.08. The number of terminal acetylenes is 1. The Morgan fingerprint density at radius 3 is 2.65 bits per heavy atom. The van der Waals surface area contributed by atoms with Crippen molar-refractivity contribution >= 4 is 11.9 Å². The predicted molar refractivity (Wildman–Crippen MR) is 63.8 cm³/mol. The van der Waals surface area contributed by atoms with Crippen LogP contribution in [-0.4, -0.2) is 18.5 Å². The molecular formula is C13H18O4. The topological polar surface area (TPSA) is 52.6 Å². The quantitative estimate of drug-likeness (QED) is 0.281. The van der Waals surface area contributed by atoms with E-state index in [1.54, 1.807) is 6.08 Å². The Morgan fingerprint density at radius 1 is 1.29 bits per heavy atom. The highest BCUT2D eigenvalue weighted by Gasteiger charge is 2.07. The fourth-order valence-corrected chi connectivity index (χ4v) is 0.971. The van der Waals surface area contributed by atoms with E-state index >= 15 is 0 Å². The molecule has 0 aromatic heterocycles. The Balaban J connectivity index is 3.56. The van der Waals surface area contributed by atoms with Gasteiger partial charge < -0.3 is 9.47 Å². The molecule has 94 valence electrons. The molecular weight excluding hydrogens is 220 g/mol. The summed E-state index contributed by atoms with van der Waals surface area (Å²) < 4.78 is 9.37. The first-order valence-electron chi connectivity index (χ1n) is 5.64. The second kappa shape index (κ2) is 10.7. The molecule has 0 amide bonds. The zero-order valence-electron chi connectivity index (χ0n) is 10.1. The molecule has 0 unspecified atom stereocenters. The fraction of sp³-hybridized carbons (Fsp3) is 0.538. The maximum absolute atomic E-state index is 11.1. The molecule has 0 spiro atoms. The number of unbranched alkanes of at least 4 members (excludes halogenated alkanes) is 2. The molecule has 0 bridgehead atoms. The molecule has 0 heterocycles. The number of hydrogen-bond donors (Lipinski definition) is 0. The maximum atomic E-state index is 11.1. The average molecular weight is 238 g/mol. The zero-order valence-corrected chi connectivity index (χ0v) is 10.1. The van der Waals surface area contributed by atoms with Crippen molar-refractivity contribution in [2.24, 2.45) is 0 Å². The minimum atomic E-state index is -0.491. The predicted octanol–water partition coefficient (Wildman–Crippen LogP) is 2.19. The van der Waals surface area contributed by atoms with Crippen LogP contribution in [0.3, 0.4) is 0 Å². The summed E-state index contributed by atoms with van der Waals surface area (Å²) in [5.41, 5.74) is 0. The molecule has 0 aliphatic carbocycles. The van der Waals surface area contributed by atoms with Gasteiger partial charge in [0, 0.05) is 0 Å². The van der Waals surface area contributed by atoms with Gasteiger partial charge in [-0.2, -0.15) is 0 Å². The van der Waals surface area contributed by atoms with Crippen molar-refractivity contribution in [3.8, 4) is 12.3 Å². The summed E-state index contributed by atoms with van der Waals surface area (Å²) in [6.07, 6.45) is 11.1. The van der Waals surface area contributed by atoms with Gasteiger partial charge in [-0.1, -0.05) is 19.3 Å². The van der Waals surface area contributed by atoms with Crippen LogP contribution in [0.15, 0.2) is 12.3 Å². The monoisotopic (exact) mass is 238 g/mol. The third-order valence-electron chi connectivity index (χ3n) is 1.87. The second-order valence-electron chi connectivity index (χ2n) is 3.37. The first-order valence-corrected chi connectivity index (χ1v) is 5.64. The van der Waals surface area contributed by atoms with Crippen molar-refractivity contribution in [1.29, 1.82) is 0 Å². The third kappa shape index (κ3) is 10.5. The van der Waals surface area contributed by atoms with Gasteiger partial charge in [-0.05, 0) is 18.9 Å². The van der Waals surface area contributed by atoms with Gasteiger partial charge in [0.15, 0.2) is 6.61 Å². The summed E-state index contributed by atoms with van der Waals surface area (Å²) >= 11 is 0. The molecule has 0 aromatic carbocycles. The van der Waals surface area contributed by atoms with Crippen LogP contribution in [0.25, 0.3) is 0 Å². The van der Waals surface area contributed by atoms with Crippen molar-refractivity contribution in [3.05, 3.63) is 12.3 Å². The second-order valence-corrected chi connectivity index (χ2v) is 3.37. The third-order valence-corrected chi connectivity index (χ3v) is 1.87. The summed E-state index contributed by atoms with van der Waals surface area (Å²) in [4.78, 5) is 22.1. The van der Waals surface area contributed by atoms with Gasteiger partial charge in [0.1, 0.15) is 0 Å². The van der Waals surface area contributed by atoms with Crippen LogP contribution < -0.4 is 0 Å². The Hall–Kier alpha value is -1.76. The van der Waals surface area contributed by atoms with Crippen molar-refractivity contribution in [2.75, 3.05) is 6.61 Å². The molecule has 4 nitrogen and oxygen atoms in total. The van der Waals surface area contributed by atoms with E-state index < -0.39 is 11.9 Å². The van der Waals surface area contributed by atoms with Crippen LogP contribution in [0.4, 0.5) is 0 Å². The van der Waals surface area contributed by atoms with Crippen LogP contribution in [0.1, 0.15) is 39.0 Å². The minimum Gasteiger partial charge on any atom is -0.452 e. The SMILES string of the molecule is C#CCOC(=O)CCC(=O)OC=CCCCC. The van der Waals surface area contributed by atoms with Crippen LogP contribution in [-0.2, 0) is 19.1 Å². The molecule has 0 rings (SSSR count). The van der Waals surface area contributed by atoms with E-state index in [1.165, 1.54) is 6.26 Å². The molecule has 0 aromatic rings. The van der Waals surface area contributed by atoms with Gasteiger partial charge >= 0.3 is 11.9 Å². The standard InChI is InChI=1S/C13H18O4/c1-3-5-6-7-11-17-13(15)9-8-12(14)16-10-4-2/h2,7,11H,3,5-6,8-10H2,1H3. The molecule has 17 heavy (non-hydrogen) atoms. The van der Waals surface area contributed by atoms with E-state index in [-0.39, 0.29) is 19.4 Å². The maximum Gasteiger partial charge on any atom is 0.311 e. The Bertz CT molecular complexity index is 299. The van der Waals surface area contributed by atoms with Gasteiger partial charge in [0.25, 0.3) is 0 Å². The summed E-state index contributed by atoms with van der Waals surface area (Å²) in [6, 6.07) is 0. The van der Waals surface area contributed by atoms with Gasteiger partial charge in [0.05, 0.1) is 19.1 Å². The minimum absolute atomic E-state index is 0.00151. The van der Waals surface area contributed by atoms with Crippen molar-refractivity contribution in [1.82, 2.24) is 0 Å². The number of rotatable bonds is 8. The van der Waals surface area contributed by atoms with Crippen LogP contribution >= 0.6 is 0 Å². The highest BCUT2D eigenvalue weighted by Crippen LogP contribution is 1.98. The Kier molecular flexibility index (Phi) is 9.64. The summed E-state index contributed by atoms with van der Waals surface area (Å²) in [5.74, 6) is 1.23. The molecule has 0 aliphatic rings. The first-order chi connectivity index (χ1) is 8.20. The molecule has 0 N–H and O–H groups in total. The van der Waals surface area contributed by atoms with Gasteiger partial charge in [-0.25, -0.2) is 0 Å². The lowest BCUT2D eigenvalue weighted by molar-refractivity contribution is -0.147. The zero-order chi connectivity index (χ0) is 12.9. The van der Waals surface area contributed by atoms with E-state index in [2.05, 4.69) is 17.6 Å². The van der Waals surface area contributed by atoms with Gasteiger partial charge in [-0.15, -0.1) is 6.42 Å². The van der Waals surface area contributed by atoms with E-state index in [4.69, 9.17) is 11.2 Å². The largest absolute Gasteiger partial charge is 0.452 e. The van der Waals surface area contributed by atoms with Crippen LogP contribution in [0.2, 0.25) is 0 Å². The lowest BCUT2D eigenvalue weighted by Gasteiger charge is -2.00. The number of hydrogen-bond acceptors (Lipinski definition) is 4. The number of ether oxygens (including phenoxy) is 2. The van der Waals surface area contributed by atoms with Crippen molar-refractivity contribution in [2.45, 2.75) is 39.0 Å². The number of carbonyl (C=O) groups is 2. The molecule has 0 saturated heterocycles. The number of esters is 2. The summed E-state index contributed by atoms with van der Waals surface area (Å²) in [7, 11) is 0. The van der Waals surface area contributed by atoms with E-state index in [9.17, 15) is 9.59 Å². The molecule has 0 saturated carbocycles. The molecule has 0 fully saturated rings. The molecule has 0 atom stereocenters. The summed E-state index contributed by atoms with van der Waals surface area (Å²) in [6.45, 7) is 2.02. The molecule has 0 radical (unpaired) electrons. The average Bonchev–Trinajstić information content (AvgIpc) is 2.33. The smallest absolute Gasteiger partial charge is 0.311 e. The lowest BCUT2D eigenvalue weighted by atomic mass is 10.2. The van der Waals surface area contributed by atoms with Crippen LogP contribution in [0.5, 0.6) is 0 Å². The highest BCUT2D eigenvalue weighted by molar-refractivity contribution is 5.77. The molecule has 4 heteroatoms. The van der Waals surface area contributed by atoms with Crippen LogP contribution in [0, 0.1) is 12.3 Å². The van der Waals surface area contributed by atoms with Crippen molar-refractivity contribution in [3.63, 3.8) is 0 Å². The van der Waals surface area contributed by atoms with E-state index in [0.29, 0.717) is 0 Å². The van der Waals surface area contributed by atoms with E-state index in [0.717, 1.165) is 19.3 Å².